The van der Waals surface area contributed by atoms with Crippen LogP contribution in [0.1, 0.15) is 12.8 Å². The van der Waals surface area contributed by atoms with E-state index in [2.05, 4.69) is 11.7 Å². The first-order valence-electron chi connectivity index (χ1n) is 4.72. The van der Waals surface area contributed by atoms with Crippen LogP contribution in [0.5, 0.6) is 0 Å². The lowest BCUT2D eigenvalue weighted by Gasteiger charge is -2.34. The molecule has 1 N–H and O–H groups in total. The monoisotopic (exact) mass is 203 g/mol. The van der Waals surface area contributed by atoms with E-state index in [0.29, 0.717) is 26.2 Å². The Labute approximate surface area is 79.4 Å². The van der Waals surface area contributed by atoms with Crippen molar-refractivity contribution in [1.82, 2.24) is 9.62 Å². The van der Waals surface area contributed by atoms with E-state index in [0.717, 1.165) is 12.8 Å². The third-order valence-corrected chi connectivity index (χ3v) is 4.95. The van der Waals surface area contributed by atoms with Gasteiger partial charge in [0.1, 0.15) is 5.25 Å². The van der Waals surface area contributed by atoms with E-state index >= 15 is 0 Å². The Morgan fingerprint density at radius 3 is 2.31 bits per heavy atom. The van der Waals surface area contributed by atoms with Gasteiger partial charge in [-0.15, -0.1) is 0 Å². The van der Waals surface area contributed by atoms with E-state index in [1.54, 1.807) is 4.31 Å². The quantitative estimate of drug-likeness (QED) is 0.663. The van der Waals surface area contributed by atoms with Crippen LogP contribution in [0, 0.1) is 6.42 Å². The predicted molar refractivity (Wildman–Crippen MR) is 50.7 cm³/mol. The lowest BCUT2D eigenvalue weighted by Crippen LogP contribution is -2.56. The number of piperidine rings is 1. The largest absolute Gasteiger partial charge is 0.314 e. The molecule has 75 valence electrons. The third-order valence-electron chi connectivity index (χ3n) is 2.69. The van der Waals surface area contributed by atoms with Gasteiger partial charge in [-0.25, -0.2) is 12.7 Å². The van der Waals surface area contributed by atoms with Crippen LogP contribution in [-0.2, 0) is 10.0 Å². The van der Waals surface area contributed by atoms with Crippen LogP contribution >= 0.6 is 0 Å². The van der Waals surface area contributed by atoms with Crippen LogP contribution in [0.4, 0.5) is 0 Å². The summed E-state index contributed by atoms with van der Waals surface area (Å²) in [5, 5.41) is 2.83. The molecule has 0 aromatic rings. The summed E-state index contributed by atoms with van der Waals surface area (Å²) in [6, 6.07) is 0. The topological polar surface area (TPSA) is 49.4 Å². The summed E-state index contributed by atoms with van der Waals surface area (Å²) < 4.78 is 25.3. The lowest BCUT2D eigenvalue weighted by molar-refractivity contribution is 0.364. The number of nitrogens with one attached hydrogen (secondary N) is 1. The molecular formula is C8H15N2O2S. The average molecular weight is 203 g/mol. The first-order valence-corrected chi connectivity index (χ1v) is 6.23. The number of hydrogen-bond donors (Lipinski definition) is 1. The molecule has 13 heavy (non-hydrogen) atoms. The molecule has 0 aromatic carbocycles. The van der Waals surface area contributed by atoms with Gasteiger partial charge in [0.15, 0.2) is 0 Å². The molecule has 0 aliphatic carbocycles. The van der Waals surface area contributed by atoms with E-state index in [9.17, 15) is 8.42 Å². The van der Waals surface area contributed by atoms with Crippen LogP contribution in [-0.4, -0.2) is 44.2 Å². The molecular weight excluding hydrogens is 188 g/mol. The lowest BCUT2D eigenvalue weighted by atomic mass is 10.2. The zero-order valence-corrected chi connectivity index (χ0v) is 8.39. The second kappa shape index (κ2) is 3.55. The Morgan fingerprint density at radius 2 is 1.85 bits per heavy atom. The zero-order valence-electron chi connectivity index (χ0n) is 7.57. The van der Waals surface area contributed by atoms with Gasteiger partial charge in [-0.1, -0.05) is 0 Å². The Morgan fingerprint density at radius 1 is 1.23 bits per heavy atom. The van der Waals surface area contributed by atoms with Gasteiger partial charge in [0.2, 0.25) is 10.0 Å². The molecule has 0 unspecified atom stereocenters. The molecule has 2 rings (SSSR count). The Balaban J connectivity index is 2.03. The SMILES string of the molecule is O=S(=O)(C1CNC1)N1CC[CH]CC1. The van der Waals surface area contributed by atoms with E-state index < -0.39 is 10.0 Å². The fraction of sp³-hybridized carbons (Fsp3) is 0.875. The Kier molecular flexibility index (Phi) is 2.58. The maximum Gasteiger partial charge on any atom is 0.219 e. The molecule has 0 aromatic heterocycles. The number of nitrogens with zero attached hydrogens (tertiary/aromatic N) is 1. The summed E-state index contributed by atoms with van der Waals surface area (Å²) in [7, 11) is -2.97. The smallest absolute Gasteiger partial charge is 0.219 e. The molecule has 2 heterocycles. The fourth-order valence-corrected chi connectivity index (χ4v) is 3.46. The van der Waals surface area contributed by atoms with Gasteiger partial charge < -0.3 is 5.32 Å². The molecule has 0 atom stereocenters. The molecule has 0 amide bonds. The Hall–Kier alpha value is -0.130. The first kappa shape index (κ1) is 9.43. The van der Waals surface area contributed by atoms with Crippen molar-refractivity contribution in [3.8, 4) is 0 Å². The van der Waals surface area contributed by atoms with Crippen molar-refractivity contribution in [2.24, 2.45) is 0 Å². The minimum Gasteiger partial charge on any atom is -0.314 e. The van der Waals surface area contributed by atoms with Gasteiger partial charge >= 0.3 is 0 Å². The van der Waals surface area contributed by atoms with Crippen molar-refractivity contribution in [3.05, 3.63) is 6.42 Å². The van der Waals surface area contributed by atoms with Crippen LogP contribution in [0.15, 0.2) is 0 Å². The summed E-state index contributed by atoms with van der Waals surface area (Å²) in [6.45, 7) is 2.61. The van der Waals surface area contributed by atoms with Gasteiger partial charge in [-0.3, -0.25) is 0 Å². The van der Waals surface area contributed by atoms with Crippen LogP contribution in [0.25, 0.3) is 0 Å². The van der Waals surface area contributed by atoms with Crippen molar-refractivity contribution >= 4 is 10.0 Å². The molecule has 2 fully saturated rings. The highest BCUT2D eigenvalue weighted by Gasteiger charge is 2.36. The molecule has 5 heteroatoms. The van der Waals surface area contributed by atoms with E-state index in [4.69, 9.17) is 0 Å². The van der Waals surface area contributed by atoms with Gasteiger partial charge in [-0.2, -0.15) is 0 Å². The van der Waals surface area contributed by atoms with Crippen molar-refractivity contribution in [3.63, 3.8) is 0 Å². The third kappa shape index (κ3) is 1.73. The Bertz CT molecular complexity index is 266. The fourth-order valence-electron chi connectivity index (χ4n) is 1.66. The predicted octanol–water partition coefficient (Wildman–Crippen LogP) is -0.412. The molecule has 0 saturated carbocycles. The van der Waals surface area contributed by atoms with Crippen molar-refractivity contribution in [2.45, 2.75) is 18.1 Å². The second-order valence-corrected chi connectivity index (χ2v) is 5.80. The molecule has 1 radical (unpaired) electrons. The maximum atomic E-state index is 11.8. The summed E-state index contributed by atoms with van der Waals surface area (Å²) in [5.41, 5.74) is 0. The molecule has 2 aliphatic heterocycles. The highest BCUT2D eigenvalue weighted by Crippen LogP contribution is 2.17. The van der Waals surface area contributed by atoms with Gasteiger partial charge in [-0.05, 0) is 19.3 Å². The summed E-state index contributed by atoms with van der Waals surface area (Å²) in [5.74, 6) is 0. The minimum atomic E-state index is -2.97. The zero-order chi connectivity index (χ0) is 9.31. The molecule has 2 saturated heterocycles. The van der Waals surface area contributed by atoms with Gasteiger partial charge in [0, 0.05) is 26.2 Å². The van der Waals surface area contributed by atoms with E-state index in [1.165, 1.54) is 0 Å². The number of sulfonamides is 1. The average Bonchev–Trinajstić information content (AvgIpc) is 2.02. The minimum absolute atomic E-state index is 0.161. The van der Waals surface area contributed by atoms with Gasteiger partial charge in [0.25, 0.3) is 0 Å². The maximum absolute atomic E-state index is 11.8. The highest BCUT2D eigenvalue weighted by atomic mass is 32.2. The summed E-state index contributed by atoms with van der Waals surface area (Å²) in [4.78, 5) is 0. The van der Waals surface area contributed by atoms with Crippen molar-refractivity contribution < 1.29 is 8.42 Å². The van der Waals surface area contributed by atoms with E-state index in [-0.39, 0.29) is 5.25 Å². The summed E-state index contributed by atoms with van der Waals surface area (Å²) >= 11 is 0. The standard InChI is InChI=1S/C8H15N2O2S/c11-13(12,8-6-9-7-8)10-4-2-1-3-5-10/h1,8-9H,2-7H2. The molecule has 2 aliphatic rings. The van der Waals surface area contributed by atoms with Crippen LogP contribution in [0.3, 0.4) is 0 Å². The molecule has 0 spiro atoms. The number of rotatable bonds is 2. The van der Waals surface area contributed by atoms with Gasteiger partial charge in [0.05, 0.1) is 0 Å². The van der Waals surface area contributed by atoms with Crippen molar-refractivity contribution in [1.29, 1.82) is 0 Å². The van der Waals surface area contributed by atoms with Crippen LogP contribution in [0.2, 0.25) is 0 Å². The first-order chi connectivity index (χ1) is 6.21. The van der Waals surface area contributed by atoms with Crippen LogP contribution < -0.4 is 5.32 Å². The summed E-state index contributed by atoms with van der Waals surface area (Å²) in [6.07, 6.45) is 3.96. The normalized spacial score (nSPS) is 27.1. The van der Waals surface area contributed by atoms with Crippen molar-refractivity contribution in [2.75, 3.05) is 26.2 Å². The number of hydrogen-bond acceptors (Lipinski definition) is 3. The second-order valence-electron chi connectivity index (χ2n) is 3.59. The highest BCUT2D eigenvalue weighted by molar-refractivity contribution is 7.89. The molecule has 0 bridgehead atoms. The molecule has 4 nitrogen and oxygen atoms in total. The van der Waals surface area contributed by atoms with E-state index in [1.807, 2.05) is 0 Å².